The van der Waals surface area contributed by atoms with Crippen LogP contribution in [0.4, 0.5) is 0 Å². The molecule has 0 N–H and O–H groups in total. The Morgan fingerprint density at radius 2 is 1.84 bits per heavy atom. The number of allylic oxidation sites excluding steroid dienone is 1. The molecule has 1 aliphatic heterocycles. The van der Waals surface area contributed by atoms with E-state index in [9.17, 15) is 14.4 Å². The maximum absolute atomic E-state index is 13.7. The van der Waals surface area contributed by atoms with Crippen molar-refractivity contribution in [2.24, 2.45) is 4.99 Å². The molecule has 2 heterocycles. The SMILES string of the molecule is COc1cc(C=c2sc3n(c2=O)C(c2ccc(Cl)cc2)C(C(=O)OC(C)C)=C(C)N=3)ccc1OC(C)=O. The van der Waals surface area contributed by atoms with Crippen molar-refractivity contribution >= 4 is 41.0 Å². The Bertz CT molecular complexity index is 1580. The predicted octanol–water partition coefficient (Wildman–Crippen LogP) is 3.77. The van der Waals surface area contributed by atoms with E-state index in [2.05, 4.69) is 4.99 Å². The van der Waals surface area contributed by atoms with Gasteiger partial charge in [0.05, 0.1) is 35.1 Å². The number of carbonyl (C=O) groups excluding carboxylic acids is 2. The fraction of sp³-hybridized carbons (Fsp3) is 0.259. The number of rotatable bonds is 6. The summed E-state index contributed by atoms with van der Waals surface area (Å²) >= 11 is 7.31. The van der Waals surface area contributed by atoms with Gasteiger partial charge in [0.1, 0.15) is 0 Å². The molecular formula is C27H25ClN2O6S. The number of methoxy groups -OCH3 is 1. The molecule has 3 aromatic rings. The minimum Gasteiger partial charge on any atom is -0.493 e. The number of benzene rings is 2. The van der Waals surface area contributed by atoms with E-state index >= 15 is 0 Å². The Kier molecular flexibility index (Phi) is 7.65. The zero-order valence-corrected chi connectivity index (χ0v) is 22.5. The minimum atomic E-state index is -0.734. The normalized spacial score (nSPS) is 15.3. The quantitative estimate of drug-likeness (QED) is 0.349. The average molecular weight is 541 g/mol. The van der Waals surface area contributed by atoms with Crippen LogP contribution < -0.4 is 24.4 Å². The molecular weight excluding hydrogens is 516 g/mol. The number of ether oxygens (including phenoxy) is 3. The summed E-state index contributed by atoms with van der Waals surface area (Å²) in [5, 5.41) is 0.536. The number of halogens is 1. The van der Waals surface area contributed by atoms with Gasteiger partial charge in [-0.25, -0.2) is 9.79 Å². The van der Waals surface area contributed by atoms with Crippen molar-refractivity contribution in [1.29, 1.82) is 0 Å². The van der Waals surface area contributed by atoms with Crippen LogP contribution >= 0.6 is 22.9 Å². The second-order valence-electron chi connectivity index (χ2n) is 8.59. The highest BCUT2D eigenvalue weighted by Gasteiger charge is 2.33. The molecule has 0 saturated carbocycles. The molecule has 4 rings (SSSR count). The molecule has 0 radical (unpaired) electrons. The first-order valence-electron chi connectivity index (χ1n) is 11.4. The summed E-state index contributed by atoms with van der Waals surface area (Å²) in [6, 6.07) is 11.2. The highest BCUT2D eigenvalue weighted by atomic mass is 35.5. The van der Waals surface area contributed by atoms with Crippen LogP contribution in [0, 0.1) is 0 Å². The van der Waals surface area contributed by atoms with Crippen molar-refractivity contribution in [3.8, 4) is 11.5 Å². The topological polar surface area (TPSA) is 96.2 Å². The predicted molar refractivity (Wildman–Crippen MR) is 141 cm³/mol. The van der Waals surface area contributed by atoms with E-state index in [0.717, 1.165) is 0 Å². The lowest BCUT2D eigenvalue weighted by Gasteiger charge is -2.25. The number of aromatic nitrogens is 1. The van der Waals surface area contributed by atoms with E-state index in [-0.39, 0.29) is 17.4 Å². The highest BCUT2D eigenvalue weighted by Crippen LogP contribution is 2.32. The molecule has 8 nitrogen and oxygen atoms in total. The van der Waals surface area contributed by atoms with Gasteiger partial charge in [0.2, 0.25) is 0 Å². The van der Waals surface area contributed by atoms with Gasteiger partial charge in [0.15, 0.2) is 16.3 Å². The van der Waals surface area contributed by atoms with Gasteiger partial charge in [-0.1, -0.05) is 41.1 Å². The lowest BCUT2D eigenvalue weighted by atomic mass is 9.96. The van der Waals surface area contributed by atoms with E-state index in [1.165, 1.54) is 29.9 Å². The van der Waals surface area contributed by atoms with E-state index < -0.39 is 18.0 Å². The summed E-state index contributed by atoms with van der Waals surface area (Å²) in [5.41, 5.74) is 1.83. The van der Waals surface area contributed by atoms with E-state index in [1.807, 2.05) is 0 Å². The maximum atomic E-state index is 13.7. The van der Waals surface area contributed by atoms with Crippen molar-refractivity contribution < 1.29 is 23.8 Å². The Hall–Kier alpha value is -3.69. The minimum absolute atomic E-state index is 0.278. The third-order valence-corrected chi connectivity index (χ3v) is 6.74. The summed E-state index contributed by atoms with van der Waals surface area (Å²) in [4.78, 5) is 43.2. The second-order valence-corrected chi connectivity index (χ2v) is 10.0. The van der Waals surface area contributed by atoms with Crippen molar-refractivity contribution in [1.82, 2.24) is 4.57 Å². The molecule has 0 bridgehead atoms. The number of carbonyl (C=O) groups is 2. The summed E-state index contributed by atoms with van der Waals surface area (Å²) < 4.78 is 17.9. The van der Waals surface area contributed by atoms with Crippen molar-refractivity contribution in [3.63, 3.8) is 0 Å². The van der Waals surface area contributed by atoms with E-state index in [0.29, 0.717) is 42.5 Å². The molecule has 2 aromatic carbocycles. The third-order valence-electron chi connectivity index (χ3n) is 5.51. The van der Waals surface area contributed by atoms with Gasteiger partial charge >= 0.3 is 11.9 Å². The Morgan fingerprint density at radius 3 is 2.46 bits per heavy atom. The average Bonchev–Trinajstić information content (AvgIpc) is 3.13. The molecule has 37 heavy (non-hydrogen) atoms. The summed E-state index contributed by atoms with van der Waals surface area (Å²) in [6.45, 7) is 6.57. The van der Waals surface area contributed by atoms with Gasteiger partial charge in [-0.15, -0.1) is 0 Å². The molecule has 1 unspecified atom stereocenters. The van der Waals surface area contributed by atoms with Gasteiger partial charge in [0.25, 0.3) is 5.56 Å². The molecule has 1 aliphatic rings. The van der Waals surface area contributed by atoms with Crippen LogP contribution in [-0.2, 0) is 14.3 Å². The van der Waals surface area contributed by atoms with E-state index in [4.69, 9.17) is 25.8 Å². The van der Waals surface area contributed by atoms with Gasteiger partial charge in [-0.2, -0.15) is 0 Å². The van der Waals surface area contributed by atoms with Gasteiger partial charge in [0, 0.05) is 11.9 Å². The number of hydrogen-bond acceptors (Lipinski definition) is 8. The zero-order valence-electron chi connectivity index (χ0n) is 20.9. The fourth-order valence-electron chi connectivity index (χ4n) is 3.99. The lowest BCUT2D eigenvalue weighted by molar-refractivity contribution is -0.143. The summed E-state index contributed by atoms with van der Waals surface area (Å²) in [7, 11) is 1.46. The van der Waals surface area contributed by atoms with Gasteiger partial charge in [-0.05, 0) is 62.2 Å². The number of hydrogen-bond donors (Lipinski definition) is 0. The zero-order chi connectivity index (χ0) is 26.9. The second kappa shape index (κ2) is 10.7. The van der Waals surface area contributed by atoms with Gasteiger partial charge in [-0.3, -0.25) is 14.2 Å². The molecule has 0 amide bonds. The van der Waals surface area contributed by atoms with Crippen LogP contribution in [0.5, 0.6) is 11.5 Å². The summed E-state index contributed by atoms with van der Waals surface area (Å²) in [5.74, 6) is -0.370. The van der Waals surface area contributed by atoms with Crippen LogP contribution in [-0.4, -0.2) is 29.7 Å². The molecule has 10 heteroatoms. The number of nitrogens with zero attached hydrogens (tertiary/aromatic N) is 2. The number of thiazole rings is 1. The molecule has 0 spiro atoms. The van der Waals surface area contributed by atoms with Crippen LogP contribution in [0.1, 0.15) is 44.9 Å². The first-order valence-corrected chi connectivity index (χ1v) is 12.6. The smallest absolute Gasteiger partial charge is 0.338 e. The molecule has 192 valence electrons. The first-order chi connectivity index (χ1) is 17.6. The fourth-order valence-corrected chi connectivity index (χ4v) is 5.16. The van der Waals surface area contributed by atoms with Crippen molar-refractivity contribution in [3.05, 3.63) is 89.6 Å². The number of fused-ring (bicyclic) bond motifs is 1. The van der Waals surface area contributed by atoms with Crippen LogP contribution in [0.15, 0.2) is 63.5 Å². The third kappa shape index (κ3) is 5.52. The Labute approximate surface area is 222 Å². The lowest BCUT2D eigenvalue weighted by Crippen LogP contribution is -2.40. The Morgan fingerprint density at radius 1 is 1.14 bits per heavy atom. The largest absolute Gasteiger partial charge is 0.493 e. The van der Waals surface area contributed by atoms with Crippen molar-refractivity contribution in [2.75, 3.05) is 7.11 Å². The standard InChI is InChI=1S/C27H25ClN2O6S/c1-14(2)35-26(33)23-15(3)29-27-30(24(23)18-7-9-19(28)10-8-18)25(32)22(37-27)13-17-6-11-20(36-16(4)31)21(12-17)34-5/h6-14,24H,1-5H3. The van der Waals surface area contributed by atoms with Gasteiger partial charge < -0.3 is 14.2 Å². The Balaban J connectivity index is 1.88. The summed E-state index contributed by atoms with van der Waals surface area (Å²) in [6.07, 6.45) is 1.36. The molecule has 1 aromatic heterocycles. The molecule has 0 saturated heterocycles. The monoisotopic (exact) mass is 540 g/mol. The van der Waals surface area contributed by atoms with Crippen LogP contribution in [0.25, 0.3) is 6.08 Å². The highest BCUT2D eigenvalue weighted by molar-refractivity contribution is 7.07. The maximum Gasteiger partial charge on any atom is 0.338 e. The molecule has 1 atom stereocenters. The van der Waals surface area contributed by atoms with E-state index in [1.54, 1.807) is 69.3 Å². The number of esters is 2. The van der Waals surface area contributed by atoms with Crippen LogP contribution in [0.2, 0.25) is 5.02 Å². The van der Waals surface area contributed by atoms with Crippen LogP contribution in [0.3, 0.4) is 0 Å². The molecule has 0 aliphatic carbocycles. The van der Waals surface area contributed by atoms with Crippen molar-refractivity contribution in [2.45, 2.75) is 39.8 Å². The molecule has 0 fully saturated rings. The first kappa shape index (κ1) is 26.4.